The molecule has 1 fully saturated rings. The van der Waals surface area contributed by atoms with Gasteiger partial charge in [0.15, 0.2) is 0 Å². The number of para-hydroxylation sites is 1. The molecule has 1 aromatic carbocycles. The monoisotopic (exact) mass is 260 g/mol. The molecule has 1 aromatic heterocycles. The van der Waals surface area contributed by atoms with Crippen LogP contribution in [-0.4, -0.2) is 16.7 Å². The van der Waals surface area contributed by atoms with E-state index in [4.69, 9.17) is 10.6 Å². The lowest BCUT2D eigenvalue weighted by Crippen LogP contribution is -2.18. The van der Waals surface area contributed by atoms with E-state index >= 15 is 0 Å². The van der Waals surface area contributed by atoms with Gasteiger partial charge in [-0.2, -0.15) is 0 Å². The number of hydrogen-bond donors (Lipinski definition) is 2. The quantitative estimate of drug-likeness (QED) is 0.658. The SMILES string of the molecule is COc1cccc2c1nc(NN)n2C1CCCCC1. The van der Waals surface area contributed by atoms with Crippen molar-refractivity contribution in [2.45, 2.75) is 38.1 Å². The maximum atomic E-state index is 5.64. The standard InChI is InChI=1S/C14H20N4O/c1-19-12-9-5-8-11-13(12)16-14(17-15)18(11)10-6-3-2-4-7-10/h5,8-10H,2-4,6-7,15H2,1H3,(H,16,17). The summed E-state index contributed by atoms with van der Waals surface area (Å²) in [6.07, 6.45) is 6.27. The first kappa shape index (κ1) is 12.3. The summed E-state index contributed by atoms with van der Waals surface area (Å²) in [6.45, 7) is 0. The smallest absolute Gasteiger partial charge is 0.218 e. The van der Waals surface area contributed by atoms with Gasteiger partial charge in [-0.25, -0.2) is 10.8 Å². The predicted molar refractivity (Wildman–Crippen MR) is 76.2 cm³/mol. The van der Waals surface area contributed by atoms with E-state index in [1.54, 1.807) is 7.11 Å². The first-order valence-electron chi connectivity index (χ1n) is 6.86. The van der Waals surface area contributed by atoms with Crippen LogP contribution in [0.25, 0.3) is 11.0 Å². The zero-order valence-electron chi connectivity index (χ0n) is 11.2. The molecule has 5 heteroatoms. The molecule has 1 heterocycles. The normalized spacial score (nSPS) is 16.7. The number of aromatic nitrogens is 2. The number of nitrogens with zero attached hydrogens (tertiary/aromatic N) is 2. The number of ether oxygens (including phenoxy) is 1. The zero-order chi connectivity index (χ0) is 13.2. The molecule has 0 unspecified atom stereocenters. The van der Waals surface area contributed by atoms with Crippen LogP contribution in [0.3, 0.4) is 0 Å². The molecule has 102 valence electrons. The molecule has 0 bridgehead atoms. The van der Waals surface area contributed by atoms with E-state index in [1.807, 2.05) is 12.1 Å². The van der Waals surface area contributed by atoms with Crippen molar-refractivity contribution in [2.24, 2.45) is 5.84 Å². The number of rotatable bonds is 3. The highest BCUT2D eigenvalue weighted by Gasteiger charge is 2.22. The molecule has 0 aliphatic heterocycles. The molecule has 3 N–H and O–H groups in total. The maximum absolute atomic E-state index is 5.64. The van der Waals surface area contributed by atoms with E-state index in [9.17, 15) is 0 Å². The Morgan fingerprint density at radius 2 is 2.11 bits per heavy atom. The van der Waals surface area contributed by atoms with Gasteiger partial charge in [-0.3, -0.25) is 5.43 Å². The lowest BCUT2D eigenvalue weighted by molar-refractivity contribution is 0.362. The average molecular weight is 260 g/mol. The van der Waals surface area contributed by atoms with Crippen LogP contribution in [-0.2, 0) is 0 Å². The molecule has 5 nitrogen and oxygen atoms in total. The molecule has 0 saturated heterocycles. The Bertz CT molecular complexity index is 572. The molecule has 3 rings (SSSR count). The Balaban J connectivity index is 2.15. The summed E-state index contributed by atoms with van der Waals surface area (Å²) >= 11 is 0. The average Bonchev–Trinajstić information content (AvgIpc) is 2.86. The molecule has 1 saturated carbocycles. The van der Waals surface area contributed by atoms with Gasteiger partial charge in [-0.15, -0.1) is 0 Å². The van der Waals surface area contributed by atoms with Gasteiger partial charge in [0.1, 0.15) is 11.3 Å². The van der Waals surface area contributed by atoms with E-state index in [2.05, 4.69) is 21.0 Å². The number of imidazole rings is 1. The van der Waals surface area contributed by atoms with Gasteiger partial charge in [0.2, 0.25) is 5.95 Å². The number of benzene rings is 1. The number of nitrogens with two attached hydrogens (primary N) is 1. The Hall–Kier alpha value is -1.75. The molecular weight excluding hydrogens is 240 g/mol. The van der Waals surface area contributed by atoms with Gasteiger partial charge in [0, 0.05) is 6.04 Å². The molecule has 2 aromatic rings. The Morgan fingerprint density at radius 1 is 1.32 bits per heavy atom. The number of hydrogen-bond acceptors (Lipinski definition) is 4. The van der Waals surface area contributed by atoms with Crippen LogP contribution in [0, 0.1) is 0 Å². The molecule has 0 amide bonds. The summed E-state index contributed by atoms with van der Waals surface area (Å²) < 4.78 is 7.62. The summed E-state index contributed by atoms with van der Waals surface area (Å²) in [4.78, 5) is 4.58. The van der Waals surface area contributed by atoms with Crippen molar-refractivity contribution in [1.29, 1.82) is 0 Å². The van der Waals surface area contributed by atoms with Gasteiger partial charge in [-0.05, 0) is 25.0 Å². The highest BCUT2D eigenvalue weighted by atomic mass is 16.5. The number of nitrogens with one attached hydrogen (secondary N) is 1. The maximum Gasteiger partial charge on any atom is 0.218 e. The van der Waals surface area contributed by atoms with Crippen LogP contribution in [0.4, 0.5) is 5.95 Å². The number of anilines is 1. The van der Waals surface area contributed by atoms with Crippen molar-refractivity contribution < 1.29 is 4.74 Å². The summed E-state index contributed by atoms with van der Waals surface area (Å²) in [5.41, 5.74) is 4.70. The minimum atomic E-state index is 0.483. The Labute approximate surface area is 112 Å². The lowest BCUT2D eigenvalue weighted by Gasteiger charge is -2.25. The predicted octanol–water partition coefficient (Wildman–Crippen LogP) is 2.84. The summed E-state index contributed by atoms with van der Waals surface area (Å²) in [5, 5.41) is 0. The van der Waals surface area contributed by atoms with Gasteiger partial charge in [0.25, 0.3) is 0 Å². The third kappa shape index (κ3) is 2.04. The van der Waals surface area contributed by atoms with Crippen LogP contribution in [0.5, 0.6) is 5.75 Å². The van der Waals surface area contributed by atoms with Crippen molar-refractivity contribution in [3.63, 3.8) is 0 Å². The zero-order valence-corrected chi connectivity index (χ0v) is 11.2. The van der Waals surface area contributed by atoms with Crippen LogP contribution in [0.1, 0.15) is 38.1 Å². The lowest BCUT2D eigenvalue weighted by atomic mass is 9.95. The van der Waals surface area contributed by atoms with E-state index in [-0.39, 0.29) is 0 Å². The Morgan fingerprint density at radius 3 is 2.79 bits per heavy atom. The second kappa shape index (κ2) is 5.09. The number of methoxy groups -OCH3 is 1. The first-order valence-corrected chi connectivity index (χ1v) is 6.86. The molecule has 19 heavy (non-hydrogen) atoms. The van der Waals surface area contributed by atoms with Crippen molar-refractivity contribution in [3.8, 4) is 5.75 Å². The van der Waals surface area contributed by atoms with Crippen molar-refractivity contribution in [3.05, 3.63) is 18.2 Å². The Kier molecular flexibility index (Phi) is 3.29. The third-order valence-electron chi connectivity index (χ3n) is 3.97. The fourth-order valence-corrected chi connectivity index (χ4v) is 3.07. The van der Waals surface area contributed by atoms with Crippen LogP contribution in [0.2, 0.25) is 0 Å². The fourth-order valence-electron chi connectivity index (χ4n) is 3.07. The van der Waals surface area contributed by atoms with Gasteiger partial charge in [0.05, 0.1) is 12.6 Å². The number of fused-ring (bicyclic) bond motifs is 1. The van der Waals surface area contributed by atoms with E-state index in [0.29, 0.717) is 6.04 Å². The van der Waals surface area contributed by atoms with Crippen LogP contribution < -0.4 is 16.0 Å². The number of nitrogen functional groups attached to an aromatic ring is 1. The highest BCUT2D eigenvalue weighted by Crippen LogP contribution is 2.36. The van der Waals surface area contributed by atoms with Gasteiger partial charge in [-0.1, -0.05) is 25.3 Å². The molecule has 0 spiro atoms. The molecule has 1 aliphatic carbocycles. The number of hydrazine groups is 1. The van der Waals surface area contributed by atoms with Crippen molar-refractivity contribution in [2.75, 3.05) is 12.5 Å². The van der Waals surface area contributed by atoms with E-state index in [0.717, 1.165) is 22.7 Å². The molecule has 1 aliphatic rings. The summed E-state index contributed by atoms with van der Waals surface area (Å²) in [6, 6.07) is 6.50. The van der Waals surface area contributed by atoms with Crippen LogP contribution >= 0.6 is 0 Å². The molecule has 0 atom stereocenters. The van der Waals surface area contributed by atoms with E-state index in [1.165, 1.54) is 32.1 Å². The second-order valence-electron chi connectivity index (χ2n) is 5.07. The van der Waals surface area contributed by atoms with Crippen molar-refractivity contribution in [1.82, 2.24) is 9.55 Å². The van der Waals surface area contributed by atoms with E-state index < -0.39 is 0 Å². The highest BCUT2D eigenvalue weighted by molar-refractivity contribution is 5.84. The minimum Gasteiger partial charge on any atom is -0.494 e. The minimum absolute atomic E-state index is 0.483. The topological polar surface area (TPSA) is 65.1 Å². The fraction of sp³-hybridized carbons (Fsp3) is 0.500. The van der Waals surface area contributed by atoms with Crippen molar-refractivity contribution >= 4 is 17.0 Å². The summed E-state index contributed by atoms with van der Waals surface area (Å²) in [5.74, 6) is 7.16. The largest absolute Gasteiger partial charge is 0.494 e. The molecular formula is C14H20N4O. The third-order valence-corrected chi connectivity index (χ3v) is 3.97. The summed E-state index contributed by atoms with van der Waals surface area (Å²) in [7, 11) is 1.67. The van der Waals surface area contributed by atoms with Gasteiger partial charge < -0.3 is 9.30 Å². The first-order chi connectivity index (χ1) is 9.35. The second-order valence-corrected chi connectivity index (χ2v) is 5.07. The van der Waals surface area contributed by atoms with Gasteiger partial charge >= 0.3 is 0 Å². The van der Waals surface area contributed by atoms with Crippen LogP contribution in [0.15, 0.2) is 18.2 Å². The molecule has 0 radical (unpaired) electrons.